The SMILES string of the molecule is Cc1cnc2ccc(NS(=O)(=O)c3sc4ccc(Cl)cc4c3C)cc2c1N1CCNCC1.Cl. The molecule has 1 aliphatic rings. The Kier molecular flexibility index (Phi) is 6.75. The zero-order chi connectivity index (χ0) is 22.5. The van der Waals surface area contributed by atoms with E-state index in [1.807, 2.05) is 44.3 Å². The van der Waals surface area contributed by atoms with Gasteiger partial charge < -0.3 is 10.2 Å². The van der Waals surface area contributed by atoms with E-state index >= 15 is 0 Å². The van der Waals surface area contributed by atoms with Gasteiger partial charge in [0.1, 0.15) is 4.21 Å². The molecule has 3 heterocycles. The topological polar surface area (TPSA) is 74.3 Å². The number of halogens is 2. The van der Waals surface area contributed by atoms with Crippen molar-refractivity contribution in [2.75, 3.05) is 35.8 Å². The molecule has 2 N–H and O–H groups in total. The van der Waals surface area contributed by atoms with Gasteiger partial charge >= 0.3 is 0 Å². The number of benzene rings is 2. The molecule has 0 saturated carbocycles. The first-order valence-corrected chi connectivity index (χ1v) is 13.1. The summed E-state index contributed by atoms with van der Waals surface area (Å²) in [5, 5.41) is 5.78. The first-order chi connectivity index (χ1) is 15.3. The highest BCUT2D eigenvalue weighted by molar-refractivity contribution is 7.94. The van der Waals surface area contributed by atoms with E-state index in [0.717, 1.165) is 58.4 Å². The van der Waals surface area contributed by atoms with Crippen molar-refractivity contribution in [3.8, 4) is 0 Å². The molecule has 0 bridgehead atoms. The van der Waals surface area contributed by atoms with Gasteiger partial charge in [0.25, 0.3) is 10.0 Å². The van der Waals surface area contributed by atoms with Crippen LogP contribution >= 0.6 is 35.3 Å². The van der Waals surface area contributed by atoms with Crippen molar-refractivity contribution in [2.45, 2.75) is 18.1 Å². The van der Waals surface area contributed by atoms with Crippen LogP contribution in [0.15, 0.2) is 46.8 Å². The number of thiophene rings is 1. The van der Waals surface area contributed by atoms with Crippen LogP contribution in [0.1, 0.15) is 11.1 Å². The molecule has 0 amide bonds. The zero-order valence-electron chi connectivity index (χ0n) is 18.2. The van der Waals surface area contributed by atoms with E-state index in [4.69, 9.17) is 11.6 Å². The van der Waals surface area contributed by atoms with Crippen molar-refractivity contribution in [1.29, 1.82) is 0 Å². The number of hydrogen-bond donors (Lipinski definition) is 2. The fraction of sp³-hybridized carbons (Fsp3) is 0.261. The molecule has 1 fully saturated rings. The summed E-state index contributed by atoms with van der Waals surface area (Å²) in [5.74, 6) is 0. The van der Waals surface area contributed by atoms with Crippen LogP contribution in [-0.4, -0.2) is 39.6 Å². The van der Waals surface area contributed by atoms with Crippen LogP contribution in [0.4, 0.5) is 11.4 Å². The number of aromatic nitrogens is 1. The van der Waals surface area contributed by atoms with E-state index in [2.05, 4.69) is 19.9 Å². The van der Waals surface area contributed by atoms with E-state index in [0.29, 0.717) is 20.5 Å². The van der Waals surface area contributed by atoms with Crippen LogP contribution in [0.25, 0.3) is 21.0 Å². The third-order valence-electron chi connectivity index (χ3n) is 5.81. The lowest BCUT2D eigenvalue weighted by atomic mass is 10.1. The van der Waals surface area contributed by atoms with Gasteiger partial charge in [-0.05, 0) is 66.8 Å². The molecule has 0 radical (unpaired) electrons. The minimum Gasteiger partial charge on any atom is -0.368 e. The normalized spacial score (nSPS) is 14.5. The molecule has 6 nitrogen and oxygen atoms in total. The number of hydrogen-bond acceptors (Lipinski definition) is 6. The van der Waals surface area contributed by atoms with Crippen molar-refractivity contribution in [1.82, 2.24) is 10.3 Å². The maximum Gasteiger partial charge on any atom is 0.271 e. The lowest BCUT2D eigenvalue weighted by Crippen LogP contribution is -2.43. The predicted octanol–water partition coefficient (Wildman–Crippen LogP) is 5.35. The van der Waals surface area contributed by atoms with Gasteiger partial charge in [0.2, 0.25) is 0 Å². The molecule has 0 unspecified atom stereocenters. The lowest BCUT2D eigenvalue weighted by Gasteiger charge is -2.31. The Bertz CT molecular complexity index is 1450. The number of nitrogens with zero attached hydrogens (tertiary/aromatic N) is 2. The molecule has 2 aromatic carbocycles. The largest absolute Gasteiger partial charge is 0.368 e. The molecular formula is C23H24Cl2N4O2S2. The van der Waals surface area contributed by atoms with Gasteiger partial charge in [-0.15, -0.1) is 23.7 Å². The predicted molar refractivity (Wildman–Crippen MR) is 141 cm³/mol. The molecule has 0 aliphatic carbocycles. The van der Waals surface area contributed by atoms with Gasteiger partial charge in [0.15, 0.2) is 0 Å². The Balaban J connectivity index is 0.00000259. The Hall–Kier alpha value is -2.10. The molecular weight excluding hydrogens is 499 g/mol. The fourth-order valence-corrected chi connectivity index (χ4v) is 7.25. The summed E-state index contributed by atoms with van der Waals surface area (Å²) in [6.07, 6.45) is 1.88. The summed E-state index contributed by atoms with van der Waals surface area (Å²) in [4.78, 5) is 6.89. The van der Waals surface area contributed by atoms with Crippen molar-refractivity contribution < 1.29 is 8.42 Å². The van der Waals surface area contributed by atoms with Gasteiger partial charge in [0.05, 0.1) is 11.2 Å². The molecule has 2 aromatic heterocycles. The minimum atomic E-state index is -3.75. The lowest BCUT2D eigenvalue weighted by molar-refractivity contribution is 0.589. The van der Waals surface area contributed by atoms with Gasteiger partial charge in [0, 0.05) is 53.2 Å². The summed E-state index contributed by atoms with van der Waals surface area (Å²) in [6.45, 7) is 7.51. The van der Waals surface area contributed by atoms with Crippen LogP contribution < -0.4 is 14.9 Å². The first kappa shape index (κ1) is 24.0. The zero-order valence-corrected chi connectivity index (χ0v) is 21.4. The summed E-state index contributed by atoms with van der Waals surface area (Å²) in [6, 6.07) is 11.0. The van der Waals surface area contributed by atoms with E-state index in [1.54, 1.807) is 12.1 Å². The van der Waals surface area contributed by atoms with Crippen LogP contribution in [-0.2, 0) is 10.0 Å². The average molecular weight is 524 g/mol. The highest BCUT2D eigenvalue weighted by Gasteiger charge is 2.23. The monoisotopic (exact) mass is 522 g/mol. The van der Waals surface area contributed by atoms with E-state index in [1.165, 1.54) is 11.3 Å². The minimum absolute atomic E-state index is 0. The fourth-order valence-electron chi connectivity index (χ4n) is 4.28. The Morgan fingerprint density at radius 3 is 2.61 bits per heavy atom. The van der Waals surface area contributed by atoms with E-state index in [-0.39, 0.29) is 12.4 Å². The molecule has 0 atom stereocenters. The van der Waals surface area contributed by atoms with Crippen LogP contribution in [0, 0.1) is 13.8 Å². The number of piperazine rings is 1. The first-order valence-electron chi connectivity index (χ1n) is 10.4. The molecule has 5 rings (SSSR count). The van der Waals surface area contributed by atoms with Crippen LogP contribution in [0.2, 0.25) is 5.02 Å². The number of aryl methyl sites for hydroxylation is 2. The molecule has 0 spiro atoms. The maximum absolute atomic E-state index is 13.3. The molecule has 10 heteroatoms. The number of sulfonamides is 1. The smallest absolute Gasteiger partial charge is 0.271 e. The van der Waals surface area contributed by atoms with Crippen LogP contribution in [0.5, 0.6) is 0 Å². The Labute approximate surface area is 208 Å². The van der Waals surface area contributed by atoms with Crippen molar-refractivity contribution in [3.63, 3.8) is 0 Å². The summed E-state index contributed by atoms with van der Waals surface area (Å²) < 4.78 is 30.6. The summed E-state index contributed by atoms with van der Waals surface area (Å²) >= 11 is 7.37. The Morgan fingerprint density at radius 2 is 1.85 bits per heavy atom. The highest BCUT2D eigenvalue weighted by Crippen LogP contribution is 2.37. The summed E-state index contributed by atoms with van der Waals surface area (Å²) in [7, 11) is -3.75. The number of pyridine rings is 1. The van der Waals surface area contributed by atoms with Crippen LogP contribution in [0.3, 0.4) is 0 Å². The molecule has 1 saturated heterocycles. The standard InChI is InChI=1S/C23H23ClN4O2S2.ClH/c1-14-13-26-20-5-4-17(12-19(20)22(14)28-9-7-25-8-10-28)27-32(29,30)23-15(2)18-11-16(24)3-6-21(18)31-23;/h3-6,11-13,25,27H,7-10H2,1-2H3;1H. The number of anilines is 2. The second-order valence-electron chi connectivity index (χ2n) is 8.02. The van der Waals surface area contributed by atoms with Gasteiger partial charge in [-0.1, -0.05) is 11.6 Å². The van der Waals surface area contributed by atoms with Crippen molar-refractivity contribution in [2.24, 2.45) is 0 Å². The van der Waals surface area contributed by atoms with Gasteiger partial charge in [-0.25, -0.2) is 8.42 Å². The second kappa shape index (κ2) is 9.27. The van der Waals surface area contributed by atoms with Gasteiger partial charge in [-0.3, -0.25) is 9.71 Å². The number of nitrogens with one attached hydrogen (secondary N) is 2. The quantitative estimate of drug-likeness (QED) is 0.377. The van der Waals surface area contributed by atoms with E-state index in [9.17, 15) is 8.42 Å². The third-order valence-corrected chi connectivity index (χ3v) is 9.32. The molecule has 174 valence electrons. The average Bonchev–Trinajstić information content (AvgIpc) is 3.11. The summed E-state index contributed by atoms with van der Waals surface area (Å²) in [5.41, 5.74) is 4.28. The maximum atomic E-state index is 13.3. The van der Waals surface area contributed by atoms with Crippen molar-refractivity contribution >= 4 is 77.7 Å². The number of fused-ring (bicyclic) bond motifs is 2. The van der Waals surface area contributed by atoms with Crippen molar-refractivity contribution in [3.05, 3.63) is 58.7 Å². The second-order valence-corrected chi connectivity index (χ2v) is 11.4. The highest BCUT2D eigenvalue weighted by atomic mass is 35.5. The number of rotatable bonds is 4. The van der Waals surface area contributed by atoms with E-state index < -0.39 is 10.0 Å². The Morgan fingerprint density at radius 1 is 1.09 bits per heavy atom. The molecule has 1 aliphatic heterocycles. The van der Waals surface area contributed by atoms with Gasteiger partial charge in [-0.2, -0.15) is 0 Å². The molecule has 4 aromatic rings. The third kappa shape index (κ3) is 4.50. The molecule has 33 heavy (non-hydrogen) atoms.